The molecule has 1 aliphatic rings. The van der Waals surface area contributed by atoms with Crippen LogP contribution in [0.4, 0.5) is 0 Å². The van der Waals surface area contributed by atoms with Crippen LogP contribution in [0.2, 0.25) is 0 Å². The fraction of sp³-hybridized carbons (Fsp3) is 0.750. The van der Waals surface area contributed by atoms with Gasteiger partial charge in [0.1, 0.15) is 0 Å². The summed E-state index contributed by atoms with van der Waals surface area (Å²) in [6.07, 6.45) is 1.36. The first-order chi connectivity index (χ1) is 9.04. The van der Waals surface area contributed by atoms with E-state index in [1.54, 1.807) is 0 Å². The highest BCUT2D eigenvalue weighted by atomic mass is 32.1. The van der Waals surface area contributed by atoms with Crippen LogP contribution in [-0.2, 0) is 13.1 Å². The summed E-state index contributed by atoms with van der Waals surface area (Å²) in [5.41, 5.74) is 0. The van der Waals surface area contributed by atoms with Crippen LogP contribution in [0.5, 0.6) is 0 Å². The van der Waals surface area contributed by atoms with Crippen molar-refractivity contribution < 1.29 is 0 Å². The van der Waals surface area contributed by atoms with Gasteiger partial charge in [0.25, 0.3) is 0 Å². The van der Waals surface area contributed by atoms with E-state index in [0.29, 0.717) is 6.04 Å². The summed E-state index contributed by atoms with van der Waals surface area (Å²) < 4.78 is 0. The summed E-state index contributed by atoms with van der Waals surface area (Å²) in [6.45, 7) is 13.9. The fourth-order valence-corrected chi connectivity index (χ4v) is 3.63. The predicted octanol–water partition coefficient (Wildman–Crippen LogP) is 3.72. The summed E-state index contributed by atoms with van der Waals surface area (Å²) in [5.74, 6) is 1.74. The lowest BCUT2D eigenvalue weighted by atomic mass is 9.89. The highest BCUT2D eigenvalue weighted by molar-refractivity contribution is 7.11. The molecule has 19 heavy (non-hydrogen) atoms. The molecule has 2 nitrogen and oxygen atoms in total. The first-order valence-corrected chi connectivity index (χ1v) is 8.39. The average Bonchev–Trinajstić information content (AvgIpc) is 2.79. The quantitative estimate of drug-likeness (QED) is 0.884. The van der Waals surface area contributed by atoms with E-state index in [4.69, 9.17) is 0 Å². The van der Waals surface area contributed by atoms with Crippen molar-refractivity contribution >= 4 is 11.3 Å². The van der Waals surface area contributed by atoms with Crippen LogP contribution in [0.15, 0.2) is 12.1 Å². The molecule has 1 aliphatic heterocycles. The molecule has 0 aromatic carbocycles. The van der Waals surface area contributed by atoms with Gasteiger partial charge in [0.2, 0.25) is 0 Å². The van der Waals surface area contributed by atoms with Gasteiger partial charge in [-0.1, -0.05) is 27.7 Å². The molecule has 2 rings (SSSR count). The van der Waals surface area contributed by atoms with Gasteiger partial charge in [-0.05, 0) is 36.9 Å². The molecule has 0 bridgehead atoms. The van der Waals surface area contributed by atoms with Crippen molar-refractivity contribution in [2.45, 2.75) is 53.2 Å². The molecule has 0 aliphatic carbocycles. The Labute approximate surface area is 122 Å². The molecular formula is C16H28N2S. The van der Waals surface area contributed by atoms with Crippen LogP contribution in [0.1, 0.15) is 43.9 Å². The minimum Gasteiger partial charge on any atom is -0.310 e. The van der Waals surface area contributed by atoms with E-state index in [-0.39, 0.29) is 0 Å². The van der Waals surface area contributed by atoms with Gasteiger partial charge in [-0.2, -0.15) is 0 Å². The van der Waals surface area contributed by atoms with Gasteiger partial charge in [-0.25, -0.2) is 0 Å². The second-order valence-electron chi connectivity index (χ2n) is 6.38. The molecular weight excluding hydrogens is 252 g/mol. The van der Waals surface area contributed by atoms with Crippen molar-refractivity contribution in [3.8, 4) is 0 Å². The zero-order chi connectivity index (χ0) is 13.8. The van der Waals surface area contributed by atoms with Gasteiger partial charge < -0.3 is 5.32 Å². The molecule has 2 unspecified atom stereocenters. The van der Waals surface area contributed by atoms with E-state index >= 15 is 0 Å². The minimum atomic E-state index is 0.565. The van der Waals surface area contributed by atoms with Gasteiger partial charge >= 0.3 is 0 Å². The fourth-order valence-electron chi connectivity index (χ4n) is 2.62. The zero-order valence-corrected chi connectivity index (χ0v) is 13.6. The van der Waals surface area contributed by atoms with Gasteiger partial charge in [0.05, 0.1) is 0 Å². The Morgan fingerprint density at radius 1 is 1.26 bits per heavy atom. The van der Waals surface area contributed by atoms with Crippen LogP contribution in [0, 0.1) is 11.8 Å². The third-order valence-corrected chi connectivity index (χ3v) is 5.27. The van der Waals surface area contributed by atoms with Crippen LogP contribution < -0.4 is 5.32 Å². The predicted molar refractivity (Wildman–Crippen MR) is 84.5 cm³/mol. The molecule has 0 amide bonds. The maximum Gasteiger partial charge on any atom is 0.0328 e. The second-order valence-corrected chi connectivity index (χ2v) is 7.63. The summed E-state index contributed by atoms with van der Waals surface area (Å²) >= 11 is 1.97. The number of nitrogens with one attached hydrogen (secondary N) is 1. The van der Waals surface area contributed by atoms with Crippen molar-refractivity contribution in [3.63, 3.8) is 0 Å². The molecule has 108 valence electrons. The van der Waals surface area contributed by atoms with E-state index in [0.717, 1.165) is 24.9 Å². The van der Waals surface area contributed by atoms with Crippen molar-refractivity contribution in [1.29, 1.82) is 0 Å². The zero-order valence-electron chi connectivity index (χ0n) is 12.8. The number of hydrogen-bond donors (Lipinski definition) is 1. The van der Waals surface area contributed by atoms with Crippen LogP contribution >= 0.6 is 11.3 Å². The van der Waals surface area contributed by atoms with E-state index < -0.39 is 0 Å². The molecule has 0 spiro atoms. The minimum absolute atomic E-state index is 0.565. The third kappa shape index (κ3) is 4.59. The lowest BCUT2D eigenvalue weighted by Crippen LogP contribution is -2.37. The first-order valence-electron chi connectivity index (χ1n) is 7.58. The Bertz CT molecular complexity index is 386. The van der Waals surface area contributed by atoms with Crippen LogP contribution in [0.3, 0.4) is 0 Å². The third-order valence-electron chi connectivity index (χ3n) is 4.20. The van der Waals surface area contributed by atoms with Gasteiger partial charge in [-0.15, -0.1) is 11.3 Å². The molecule has 2 atom stereocenters. The monoisotopic (exact) mass is 280 g/mol. The van der Waals surface area contributed by atoms with Crippen molar-refractivity contribution in [1.82, 2.24) is 10.2 Å². The maximum absolute atomic E-state index is 3.49. The molecule has 1 N–H and O–H groups in total. The topological polar surface area (TPSA) is 15.3 Å². The summed E-state index contributed by atoms with van der Waals surface area (Å²) in [5, 5.41) is 3.49. The standard InChI is InChI=1S/C16H28N2S/c1-12(2)17-9-15-5-6-16(19-15)11-18-8-7-13(3)14(4)10-18/h5-6,12-14,17H,7-11H2,1-4H3. The Morgan fingerprint density at radius 2 is 2.00 bits per heavy atom. The molecule has 0 radical (unpaired) electrons. The number of likely N-dealkylation sites (tertiary alicyclic amines) is 1. The van der Waals surface area contributed by atoms with Gasteiger partial charge in [-0.3, -0.25) is 4.90 Å². The molecule has 1 fully saturated rings. The van der Waals surface area contributed by atoms with E-state index in [2.05, 4.69) is 50.0 Å². The number of hydrogen-bond acceptors (Lipinski definition) is 3. The van der Waals surface area contributed by atoms with E-state index in [9.17, 15) is 0 Å². The summed E-state index contributed by atoms with van der Waals surface area (Å²) in [7, 11) is 0. The summed E-state index contributed by atoms with van der Waals surface area (Å²) in [6, 6.07) is 5.16. The van der Waals surface area contributed by atoms with Crippen molar-refractivity contribution in [3.05, 3.63) is 21.9 Å². The largest absolute Gasteiger partial charge is 0.310 e. The number of nitrogens with zero attached hydrogens (tertiary/aromatic N) is 1. The lowest BCUT2D eigenvalue weighted by Gasteiger charge is -2.34. The normalized spacial score (nSPS) is 25.1. The Kier molecular flexibility index (Phi) is 5.43. The number of rotatable bonds is 5. The number of thiophene rings is 1. The van der Waals surface area contributed by atoms with Gasteiger partial charge in [0.15, 0.2) is 0 Å². The van der Waals surface area contributed by atoms with Crippen LogP contribution in [-0.4, -0.2) is 24.0 Å². The molecule has 0 saturated carbocycles. The Balaban J connectivity index is 1.83. The lowest BCUT2D eigenvalue weighted by molar-refractivity contribution is 0.133. The smallest absolute Gasteiger partial charge is 0.0328 e. The molecule has 3 heteroatoms. The van der Waals surface area contributed by atoms with Gasteiger partial charge in [0, 0.05) is 35.4 Å². The molecule has 1 aromatic heterocycles. The highest BCUT2D eigenvalue weighted by Crippen LogP contribution is 2.25. The molecule has 2 heterocycles. The summed E-state index contributed by atoms with van der Waals surface area (Å²) in [4.78, 5) is 5.60. The SMILES string of the molecule is CC(C)NCc1ccc(CN2CCC(C)C(C)C2)s1. The van der Waals surface area contributed by atoms with Crippen LogP contribution in [0.25, 0.3) is 0 Å². The van der Waals surface area contributed by atoms with Crippen molar-refractivity contribution in [2.75, 3.05) is 13.1 Å². The van der Waals surface area contributed by atoms with Crippen molar-refractivity contribution in [2.24, 2.45) is 11.8 Å². The molecule has 1 aromatic rings. The number of piperidine rings is 1. The molecule has 1 saturated heterocycles. The second kappa shape index (κ2) is 6.87. The Morgan fingerprint density at radius 3 is 2.68 bits per heavy atom. The highest BCUT2D eigenvalue weighted by Gasteiger charge is 2.22. The Hall–Kier alpha value is -0.380. The first kappa shape index (κ1) is 15.0. The average molecular weight is 280 g/mol. The van der Waals surface area contributed by atoms with E-state index in [1.165, 1.54) is 29.3 Å². The van der Waals surface area contributed by atoms with E-state index in [1.807, 2.05) is 11.3 Å². The maximum atomic E-state index is 3.49.